The minimum Gasteiger partial charge on any atom is -0.520 e. The molecule has 0 amide bonds. The Labute approximate surface area is 107 Å². The minimum absolute atomic E-state index is 0.205. The first kappa shape index (κ1) is 14.4. The van der Waals surface area contributed by atoms with Crippen molar-refractivity contribution in [1.29, 1.82) is 0 Å². The second-order valence-electron chi connectivity index (χ2n) is 5.65. The molecule has 0 aromatic rings. The molecule has 2 nitrogen and oxygen atoms in total. The van der Waals surface area contributed by atoms with Gasteiger partial charge in [0.15, 0.2) is 0 Å². The molecule has 1 rings (SSSR count). The zero-order chi connectivity index (χ0) is 12.9. The van der Waals surface area contributed by atoms with Gasteiger partial charge < -0.3 is 9.16 Å². The molecular weight excluding hydrogens is 228 g/mol. The first-order valence-corrected chi connectivity index (χ1v) is 10.1. The first-order chi connectivity index (χ1) is 7.92. The molecule has 0 fully saturated rings. The molecule has 0 spiro atoms. The van der Waals surface area contributed by atoms with Gasteiger partial charge in [-0.2, -0.15) is 0 Å². The van der Waals surface area contributed by atoms with E-state index >= 15 is 0 Å². The Morgan fingerprint density at radius 2 is 2.06 bits per heavy atom. The predicted molar refractivity (Wildman–Crippen MR) is 75.3 cm³/mol. The van der Waals surface area contributed by atoms with Crippen molar-refractivity contribution in [2.24, 2.45) is 0 Å². The Balaban J connectivity index is 2.70. The van der Waals surface area contributed by atoms with Crippen molar-refractivity contribution in [3.8, 4) is 0 Å². The van der Waals surface area contributed by atoms with E-state index in [0.717, 1.165) is 18.8 Å². The molecule has 17 heavy (non-hydrogen) atoms. The quantitative estimate of drug-likeness (QED) is 0.405. The second-order valence-corrected chi connectivity index (χ2v) is 10.1. The zero-order valence-electron chi connectivity index (χ0n) is 11.9. The number of rotatable bonds is 5. The molecule has 0 heterocycles. The van der Waals surface area contributed by atoms with Crippen LogP contribution in [-0.4, -0.2) is 14.4 Å². The molecule has 0 aliphatic heterocycles. The lowest BCUT2D eigenvalue weighted by molar-refractivity contribution is 0.0535. The molecule has 0 aromatic heterocycles. The fourth-order valence-electron chi connectivity index (χ4n) is 1.65. The van der Waals surface area contributed by atoms with Crippen LogP contribution < -0.4 is 0 Å². The van der Waals surface area contributed by atoms with Crippen LogP contribution in [0.25, 0.3) is 0 Å². The Hall–Kier alpha value is -0.703. The highest BCUT2D eigenvalue weighted by molar-refractivity contribution is 6.70. The normalized spacial score (nSPS) is 22.1. The SMILES string of the molecule is CC/C(C)=C(\O[C@H]1C=CCCC1)O[Si](C)(C)C. The van der Waals surface area contributed by atoms with E-state index in [-0.39, 0.29) is 6.10 Å². The second kappa shape index (κ2) is 6.29. The van der Waals surface area contributed by atoms with Crippen LogP contribution in [0.5, 0.6) is 0 Å². The van der Waals surface area contributed by atoms with E-state index in [1.807, 2.05) is 0 Å². The maximum Gasteiger partial charge on any atom is 0.264 e. The summed E-state index contributed by atoms with van der Waals surface area (Å²) in [5.74, 6) is 0.781. The van der Waals surface area contributed by atoms with Crippen molar-refractivity contribution < 1.29 is 9.16 Å². The molecular formula is C14H26O2Si. The van der Waals surface area contributed by atoms with Crippen molar-refractivity contribution in [3.05, 3.63) is 23.7 Å². The summed E-state index contributed by atoms with van der Waals surface area (Å²) in [5, 5.41) is 0. The largest absolute Gasteiger partial charge is 0.520 e. The number of hydrogen-bond donors (Lipinski definition) is 0. The molecule has 0 unspecified atom stereocenters. The van der Waals surface area contributed by atoms with E-state index < -0.39 is 8.32 Å². The van der Waals surface area contributed by atoms with E-state index in [0.29, 0.717) is 0 Å². The summed E-state index contributed by atoms with van der Waals surface area (Å²) >= 11 is 0. The first-order valence-electron chi connectivity index (χ1n) is 6.64. The van der Waals surface area contributed by atoms with Crippen molar-refractivity contribution >= 4 is 8.32 Å². The average Bonchev–Trinajstić information content (AvgIpc) is 2.27. The molecule has 0 saturated heterocycles. The minimum atomic E-state index is -1.59. The van der Waals surface area contributed by atoms with Crippen LogP contribution in [0.15, 0.2) is 23.7 Å². The van der Waals surface area contributed by atoms with E-state index in [9.17, 15) is 0 Å². The molecule has 0 radical (unpaired) electrons. The maximum absolute atomic E-state index is 6.06. The van der Waals surface area contributed by atoms with Crippen LogP contribution in [0, 0.1) is 0 Å². The van der Waals surface area contributed by atoms with Crippen LogP contribution in [0.4, 0.5) is 0 Å². The number of ether oxygens (including phenoxy) is 1. The van der Waals surface area contributed by atoms with Gasteiger partial charge in [-0.05, 0) is 58.3 Å². The van der Waals surface area contributed by atoms with Crippen molar-refractivity contribution in [2.45, 2.75) is 65.3 Å². The summed E-state index contributed by atoms with van der Waals surface area (Å²) in [6, 6.07) is 0. The highest BCUT2D eigenvalue weighted by atomic mass is 28.4. The highest BCUT2D eigenvalue weighted by Crippen LogP contribution is 2.23. The Morgan fingerprint density at radius 3 is 2.53 bits per heavy atom. The van der Waals surface area contributed by atoms with Gasteiger partial charge in [0.25, 0.3) is 5.95 Å². The van der Waals surface area contributed by atoms with Crippen molar-refractivity contribution in [2.75, 3.05) is 0 Å². The van der Waals surface area contributed by atoms with Crippen LogP contribution >= 0.6 is 0 Å². The zero-order valence-corrected chi connectivity index (χ0v) is 12.9. The molecule has 0 N–H and O–H groups in total. The smallest absolute Gasteiger partial charge is 0.264 e. The highest BCUT2D eigenvalue weighted by Gasteiger charge is 2.22. The Kier molecular flexibility index (Phi) is 5.31. The molecule has 1 atom stereocenters. The van der Waals surface area contributed by atoms with Crippen molar-refractivity contribution in [1.82, 2.24) is 0 Å². The summed E-state index contributed by atoms with van der Waals surface area (Å²) in [6.45, 7) is 10.8. The van der Waals surface area contributed by atoms with Gasteiger partial charge in [-0.15, -0.1) is 0 Å². The molecule has 1 aliphatic rings. The van der Waals surface area contributed by atoms with Crippen molar-refractivity contribution in [3.63, 3.8) is 0 Å². The summed E-state index contributed by atoms with van der Waals surface area (Å²) in [5.41, 5.74) is 1.21. The van der Waals surface area contributed by atoms with Gasteiger partial charge in [0.05, 0.1) is 0 Å². The van der Waals surface area contributed by atoms with Crippen LogP contribution in [0.2, 0.25) is 19.6 Å². The third-order valence-electron chi connectivity index (χ3n) is 2.75. The molecule has 98 valence electrons. The average molecular weight is 254 g/mol. The van der Waals surface area contributed by atoms with E-state index in [2.05, 4.69) is 45.6 Å². The number of allylic oxidation sites excluding steroid dienone is 2. The Morgan fingerprint density at radius 1 is 1.35 bits per heavy atom. The monoisotopic (exact) mass is 254 g/mol. The summed E-state index contributed by atoms with van der Waals surface area (Å²) in [6.07, 6.45) is 9.06. The van der Waals surface area contributed by atoms with Crippen LogP contribution in [0.1, 0.15) is 39.5 Å². The van der Waals surface area contributed by atoms with E-state index in [1.54, 1.807) is 0 Å². The third-order valence-corrected chi connectivity index (χ3v) is 3.54. The van der Waals surface area contributed by atoms with Crippen LogP contribution in [-0.2, 0) is 9.16 Å². The lowest BCUT2D eigenvalue weighted by Crippen LogP contribution is -2.28. The molecule has 1 aliphatic carbocycles. The van der Waals surface area contributed by atoms with Gasteiger partial charge in [-0.25, -0.2) is 0 Å². The Bertz CT molecular complexity index is 300. The summed E-state index contributed by atoms with van der Waals surface area (Å²) < 4.78 is 12.1. The van der Waals surface area contributed by atoms with Gasteiger partial charge in [0.2, 0.25) is 8.32 Å². The molecule has 0 saturated carbocycles. The maximum atomic E-state index is 6.06. The van der Waals surface area contributed by atoms with Gasteiger partial charge in [-0.3, -0.25) is 0 Å². The van der Waals surface area contributed by atoms with Gasteiger partial charge >= 0.3 is 0 Å². The lowest BCUT2D eigenvalue weighted by atomic mass is 10.1. The molecule has 3 heteroatoms. The lowest BCUT2D eigenvalue weighted by Gasteiger charge is -2.27. The van der Waals surface area contributed by atoms with Gasteiger partial charge in [0, 0.05) is 5.57 Å². The summed E-state index contributed by atoms with van der Waals surface area (Å²) in [7, 11) is -1.59. The van der Waals surface area contributed by atoms with Gasteiger partial charge in [0.1, 0.15) is 6.10 Å². The molecule has 0 aromatic carbocycles. The van der Waals surface area contributed by atoms with Crippen LogP contribution in [0.3, 0.4) is 0 Å². The van der Waals surface area contributed by atoms with E-state index in [4.69, 9.17) is 9.16 Å². The topological polar surface area (TPSA) is 18.5 Å². The third kappa shape index (κ3) is 5.44. The fourth-order valence-corrected chi connectivity index (χ4v) is 2.43. The standard InChI is InChI=1S/C14H26O2Si/c1-6-12(2)14(16-17(3,4)5)15-13-10-8-7-9-11-13/h8,10,13H,6-7,9,11H2,1-5H3/b14-12+/t13-/m0/s1. The summed E-state index contributed by atoms with van der Waals surface area (Å²) in [4.78, 5) is 0. The van der Waals surface area contributed by atoms with Gasteiger partial charge in [-0.1, -0.05) is 13.0 Å². The number of hydrogen-bond acceptors (Lipinski definition) is 2. The van der Waals surface area contributed by atoms with E-state index in [1.165, 1.54) is 18.4 Å². The predicted octanol–water partition coefficient (Wildman–Crippen LogP) is 4.60. The fraction of sp³-hybridized carbons (Fsp3) is 0.714. The molecule has 0 bridgehead atoms.